The number of benzene rings is 1. The van der Waals surface area contributed by atoms with E-state index < -0.39 is 9.84 Å². The van der Waals surface area contributed by atoms with Crippen LogP contribution in [0.1, 0.15) is 5.56 Å². The monoisotopic (exact) mass is 347 g/mol. The molecule has 0 amide bonds. The molecule has 1 fully saturated rings. The van der Waals surface area contributed by atoms with E-state index in [4.69, 9.17) is 10.9 Å². The van der Waals surface area contributed by atoms with Crippen molar-refractivity contribution in [2.45, 2.75) is 0 Å². The lowest BCUT2D eigenvalue weighted by Crippen LogP contribution is -2.40. The van der Waals surface area contributed by atoms with Gasteiger partial charge in [-0.15, -0.1) is 0 Å². The first kappa shape index (κ1) is 14.1. The van der Waals surface area contributed by atoms with E-state index in [1.807, 2.05) is 17.0 Å². The molecule has 1 aliphatic heterocycles. The lowest BCUT2D eigenvalue weighted by Gasteiger charge is -2.29. The summed E-state index contributed by atoms with van der Waals surface area (Å²) >= 11 is 3.36. The van der Waals surface area contributed by atoms with Gasteiger partial charge in [-0.2, -0.15) is 0 Å². The molecule has 8 heteroatoms. The Hall–Kier alpha value is -1.28. The molecule has 1 aromatic carbocycles. The summed E-state index contributed by atoms with van der Waals surface area (Å²) in [5.41, 5.74) is 7.04. The fourth-order valence-corrected chi connectivity index (χ4v) is 3.70. The van der Waals surface area contributed by atoms with Crippen LogP contribution >= 0.6 is 15.9 Å². The van der Waals surface area contributed by atoms with Gasteiger partial charge in [-0.1, -0.05) is 5.16 Å². The minimum atomic E-state index is -2.88. The largest absolute Gasteiger partial charge is 0.409 e. The average Bonchev–Trinajstić information content (AvgIpc) is 2.37. The van der Waals surface area contributed by atoms with E-state index in [0.29, 0.717) is 23.1 Å². The van der Waals surface area contributed by atoms with Crippen LogP contribution in [0.5, 0.6) is 0 Å². The van der Waals surface area contributed by atoms with Gasteiger partial charge in [0.05, 0.1) is 11.5 Å². The molecule has 1 aromatic rings. The van der Waals surface area contributed by atoms with Gasteiger partial charge in [-0.05, 0) is 34.1 Å². The minimum absolute atomic E-state index is 0.0275. The molecule has 0 aromatic heterocycles. The van der Waals surface area contributed by atoms with Crippen LogP contribution in [0.4, 0.5) is 5.69 Å². The van der Waals surface area contributed by atoms with Crippen molar-refractivity contribution in [1.29, 1.82) is 0 Å². The van der Waals surface area contributed by atoms with Crippen LogP contribution in [-0.2, 0) is 9.84 Å². The van der Waals surface area contributed by atoms with Crippen LogP contribution in [0, 0.1) is 0 Å². The summed E-state index contributed by atoms with van der Waals surface area (Å²) in [6.07, 6.45) is 0. The molecule has 2 rings (SSSR count). The Bertz CT molecular complexity index is 602. The quantitative estimate of drug-likeness (QED) is 0.356. The Morgan fingerprint density at radius 2 is 2.00 bits per heavy atom. The maximum absolute atomic E-state index is 11.4. The number of anilines is 1. The molecule has 19 heavy (non-hydrogen) atoms. The number of nitrogens with zero attached hydrogens (tertiary/aromatic N) is 2. The number of nitrogens with two attached hydrogens (primary N) is 1. The molecule has 0 bridgehead atoms. The lowest BCUT2D eigenvalue weighted by atomic mass is 10.2. The summed E-state index contributed by atoms with van der Waals surface area (Å²) in [5, 5.41) is 11.6. The van der Waals surface area contributed by atoms with Crippen LogP contribution in [0.25, 0.3) is 0 Å². The van der Waals surface area contributed by atoms with E-state index in [-0.39, 0.29) is 17.3 Å². The summed E-state index contributed by atoms with van der Waals surface area (Å²) < 4.78 is 23.5. The Balaban J connectivity index is 2.22. The van der Waals surface area contributed by atoms with Gasteiger partial charge in [-0.3, -0.25) is 0 Å². The van der Waals surface area contributed by atoms with Gasteiger partial charge in [0.25, 0.3) is 0 Å². The van der Waals surface area contributed by atoms with Crippen molar-refractivity contribution in [2.75, 3.05) is 29.5 Å². The first-order chi connectivity index (χ1) is 8.93. The van der Waals surface area contributed by atoms with Crippen molar-refractivity contribution < 1.29 is 13.6 Å². The second-order valence-corrected chi connectivity index (χ2v) is 7.45. The van der Waals surface area contributed by atoms with Gasteiger partial charge in [0.15, 0.2) is 15.7 Å². The highest BCUT2D eigenvalue weighted by Gasteiger charge is 2.22. The standard InChI is InChI=1S/C11H14BrN3O3S/c12-10-7-8(1-2-9(10)11(13)14-16)15-3-5-19(17,18)6-4-15/h1-2,7,16H,3-6H2,(H2,13,14). The molecule has 1 heterocycles. The number of rotatable bonds is 2. The average molecular weight is 348 g/mol. The highest BCUT2D eigenvalue weighted by Crippen LogP contribution is 2.25. The van der Waals surface area contributed by atoms with Gasteiger partial charge in [0, 0.05) is 28.8 Å². The Labute approximate surface area is 119 Å². The minimum Gasteiger partial charge on any atom is -0.409 e. The molecule has 0 saturated carbocycles. The number of hydrogen-bond acceptors (Lipinski definition) is 5. The number of oxime groups is 1. The van der Waals surface area contributed by atoms with E-state index >= 15 is 0 Å². The van der Waals surface area contributed by atoms with Crippen molar-refractivity contribution in [3.05, 3.63) is 28.2 Å². The maximum atomic E-state index is 11.4. The second-order valence-electron chi connectivity index (χ2n) is 4.29. The van der Waals surface area contributed by atoms with Gasteiger partial charge in [0.1, 0.15) is 0 Å². The molecule has 1 aliphatic rings. The molecule has 1 saturated heterocycles. The summed E-state index contributed by atoms with van der Waals surface area (Å²) in [7, 11) is -2.88. The molecule has 0 aliphatic carbocycles. The van der Waals surface area contributed by atoms with E-state index in [9.17, 15) is 8.42 Å². The fourth-order valence-electron chi connectivity index (χ4n) is 1.93. The van der Waals surface area contributed by atoms with Crippen molar-refractivity contribution in [3.8, 4) is 0 Å². The predicted octanol–water partition coefficient (Wildman–Crippen LogP) is 0.778. The number of hydrogen-bond donors (Lipinski definition) is 2. The normalized spacial score (nSPS) is 19.4. The van der Waals surface area contributed by atoms with E-state index in [2.05, 4.69) is 21.1 Å². The third kappa shape index (κ3) is 3.19. The van der Waals surface area contributed by atoms with Crippen LogP contribution in [-0.4, -0.2) is 44.1 Å². The summed E-state index contributed by atoms with van der Waals surface area (Å²) in [5.74, 6) is 0.374. The van der Waals surface area contributed by atoms with Crippen molar-refractivity contribution in [2.24, 2.45) is 10.9 Å². The zero-order chi connectivity index (χ0) is 14.0. The summed E-state index contributed by atoms with van der Waals surface area (Å²) in [6, 6.07) is 5.40. The van der Waals surface area contributed by atoms with E-state index in [0.717, 1.165) is 5.69 Å². The number of amidine groups is 1. The molecular formula is C11H14BrN3O3S. The molecule has 0 spiro atoms. The first-order valence-electron chi connectivity index (χ1n) is 5.66. The van der Waals surface area contributed by atoms with Crippen LogP contribution < -0.4 is 10.6 Å². The predicted molar refractivity (Wildman–Crippen MR) is 77.5 cm³/mol. The van der Waals surface area contributed by atoms with Crippen LogP contribution in [0.2, 0.25) is 0 Å². The molecular weight excluding hydrogens is 334 g/mol. The van der Waals surface area contributed by atoms with Crippen molar-refractivity contribution >= 4 is 37.3 Å². The molecule has 0 atom stereocenters. The molecule has 0 unspecified atom stereocenters. The molecule has 0 radical (unpaired) electrons. The lowest BCUT2D eigenvalue weighted by molar-refractivity contribution is 0.318. The van der Waals surface area contributed by atoms with Gasteiger partial charge >= 0.3 is 0 Å². The van der Waals surface area contributed by atoms with Crippen LogP contribution in [0.15, 0.2) is 27.8 Å². The summed E-state index contributed by atoms with van der Waals surface area (Å²) in [4.78, 5) is 2.00. The summed E-state index contributed by atoms with van der Waals surface area (Å²) in [6.45, 7) is 0.968. The van der Waals surface area contributed by atoms with Gasteiger partial charge in [0.2, 0.25) is 0 Å². The third-order valence-corrected chi connectivity index (χ3v) is 5.31. The Morgan fingerprint density at radius 1 is 1.37 bits per heavy atom. The zero-order valence-corrected chi connectivity index (χ0v) is 12.5. The number of halogens is 1. The topological polar surface area (TPSA) is 96.0 Å². The van der Waals surface area contributed by atoms with Gasteiger partial charge < -0.3 is 15.8 Å². The third-order valence-electron chi connectivity index (χ3n) is 3.05. The highest BCUT2D eigenvalue weighted by atomic mass is 79.9. The Kier molecular flexibility index (Phi) is 4.00. The number of sulfone groups is 1. The zero-order valence-electron chi connectivity index (χ0n) is 10.1. The van der Waals surface area contributed by atoms with E-state index in [1.54, 1.807) is 6.07 Å². The Morgan fingerprint density at radius 3 is 2.53 bits per heavy atom. The molecule has 6 nitrogen and oxygen atoms in total. The smallest absolute Gasteiger partial charge is 0.171 e. The molecule has 3 N–H and O–H groups in total. The van der Waals surface area contributed by atoms with E-state index in [1.165, 1.54) is 0 Å². The highest BCUT2D eigenvalue weighted by molar-refractivity contribution is 9.10. The SMILES string of the molecule is N/C(=N/O)c1ccc(N2CCS(=O)(=O)CC2)cc1Br. The molecule has 104 valence electrons. The maximum Gasteiger partial charge on any atom is 0.171 e. The fraction of sp³-hybridized carbons (Fsp3) is 0.364. The van der Waals surface area contributed by atoms with Crippen molar-refractivity contribution in [1.82, 2.24) is 0 Å². The van der Waals surface area contributed by atoms with Gasteiger partial charge in [-0.25, -0.2) is 8.42 Å². The second kappa shape index (κ2) is 5.38. The van der Waals surface area contributed by atoms with Crippen LogP contribution in [0.3, 0.4) is 0 Å². The van der Waals surface area contributed by atoms with Crippen molar-refractivity contribution in [3.63, 3.8) is 0 Å². The first-order valence-corrected chi connectivity index (χ1v) is 8.27.